The van der Waals surface area contributed by atoms with Crippen molar-refractivity contribution in [3.63, 3.8) is 0 Å². The Bertz CT molecular complexity index is 923. The Morgan fingerprint density at radius 1 is 1.04 bits per heavy atom. The second-order valence-corrected chi connectivity index (χ2v) is 7.24. The Morgan fingerprint density at radius 2 is 1.68 bits per heavy atom. The molecule has 1 amide bonds. The number of carbonyl (C=O) groups is 1. The van der Waals surface area contributed by atoms with Crippen LogP contribution < -0.4 is 5.32 Å². The van der Waals surface area contributed by atoms with Crippen molar-refractivity contribution in [3.8, 4) is 11.3 Å². The van der Waals surface area contributed by atoms with Crippen LogP contribution in [0.1, 0.15) is 5.76 Å². The third-order valence-corrected chi connectivity index (χ3v) is 5.26. The van der Waals surface area contributed by atoms with Crippen molar-refractivity contribution >= 4 is 57.5 Å². The molecule has 25 heavy (non-hydrogen) atoms. The van der Waals surface area contributed by atoms with Gasteiger partial charge in [0.25, 0.3) is 5.24 Å². The van der Waals surface area contributed by atoms with Crippen LogP contribution in [0.5, 0.6) is 0 Å². The van der Waals surface area contributed by atoms with E-state index in [-0.39, 0.29) is 5.24 Å². The SMILES string of the molecule is Cc1onc(-c2c(Cl)cccc2Cl)c1NC(=O)Sc1ccccc1Cl. The minimum Gasteiger partial charge on any atom is -0.359 e. The van der Waals surface area contributed by atoms with Gasteiger partial charge in [0.1, 0.15) is 11.4 Å². The quantitative estimate of drug-likeness (QED) is 0.473. The lowest BCUT2D eigenvalue weighted by Crippen LogP contribution is -2.06. The molecule has 0 radical (unpaired) electrons. The molecule has 0 unspecified atom stereocenters. The zero-order valence-corrected chi connectivity index (χ0v) is 15.9. The van der Waals surface area contributed by atoms with Gasteiger partial charge in [0.05, 0.1) is 15.1 Å². The zero-order chi connectivity index (χ0) is 18.0. The smallest absolute Gasteiger partial charge is 0.288 e. The number of rotatable bonds is 3. The van der Waals surface area contributed by atoms with E-state index in [1.807, 2.05) is 0 Å². The van der Waals surface area contributed by atoms with Crippen LogP contribution in [-0.4, -0.2) is 10.4 Å². The van der Waals surface area contributed by atoms with E-state index in [0.29, 0.717) is 42.7 Å². The molecule has 4 nitrogen and oxygen atoms in total. The van der Waals surface area contributed by atoms with Gasteiger partial charge in [-0.25, -0.2) is 0 Å². The number of benzene rings is 2. The summed E-state index contributed by atoms with van der Waals surface area (Å²) >= 11 is 19.5. The van der Waals surface area contributed by atoms with Crippen LogP contribution in [-0.2, 0) is 0 Å². The maximum atomic E-state index is 12.4. The number of nitrogens with one attached hydrogen (secondary N) is 1. The third-order valence-electron chi connectivity index (χ3n) is 3.33. The van der Waals surface area contributed by atoms with E-state index >= 15 is 0 Å². The number of aromatic nitrogens is 1. The fourth-order valence-electron chi connectivity index (χ4n) is 2.17. The summed E-state index contributed by atoms with van der Waals surface area (Å²) in [5.41, 5.74) is 1.29. The van der Waals surface area contributed by atoms with Gasteiger partial charge in [-0.2, -0.15) is 0 Å². The van der Waals surface area contributed by atoms with Crippen molar-refractivity contribution in [1.82, 2.24) is 5.16 Å². The van der Waals surface area contributed by atoms with Crippen molar-refractivity contribution in [1.29, 1.82) is 0 Å². The van der Waals surface area contributed by atoms with E-state index in [0.717, 1.165) is 11.8 Å². The van der Waals surface area contributed by atoms with E-state index in [1.54, 1.807) is 49.4 Å². The Morgan fingerprint density at radius 3 is 2.36 bits per heavy atom. The summed E-state index contributed by atoms with van der Waals surface area (Å²) in [4.78, 5) is 13.0. The first-order valence-corrected chi connectivity index (χ1v) is 9.06. The standard InChI is InChI=1S/C17H11Cl3N2O2S/c1-9-15(21-17(23)25-13-8-3-2-5-10(13)18)16(22-24-9)14-11(19)6-4-7-12(14)20/h2-8H,1H3,(H,21,23). The molecule has 128 valence electrons. The highest BCUT2D eigenvalue weighted by atomic mass is 35.5. The molecule has 0 saturated heterocycles. The van der Waals surface area contributed by atoms with Crippen molar-refractivity contribution in [2.75, 3.05) is 5.32 Å². The first kappa shape index (κ1) is 18.1. The molecule has 3 aromatic rings. The van der Waals surface area contributed by atoms with Crippen molar-refractivity contribution in [2.45, 2.75) is 11.8 Å². The normalized spacial score (nSPS) is 10.7. The van der Waals surface area contributed by atoms with Crippen LogP contribution in [0.25, 0.3) is 11.3 Å². The molecule has 1 N–H and O–H groups in total. The van der Waals surface area contributed by atoms with E-state index in [9.17, 15) is 4.79 Å². The molecule has 8 heteroatoms. The number of halogens is 3. The average molecular weight is 414 g/mol. The monoisotopic (exact) mass is 412 g/mol. The lowest BCUT2D eigenvalue weighted by molar-refractivity contribution is 0.269. The number of amides is 1. The summed E-state index contributed by atoms with van der Waals surface area (Å²) in [5, 5.41) is 7.76. The van der Waals surface area contributed by atoms with Gasteiger partial charge in [0, 0.05) is 10.5 Å². The van der Waals surface area contributed by atoms with Crippen molar-refractivity contribution < 1.29 is 9.32 Å². The van der Waals surface area contributed by atoms with Gasteiger partial charge < -0.3 is 9.84 Å². The van der Waals surface area contributed by atoms with Crippen LogP contribution in [0.15, 0.2) is 51.9 Å². The van der Waals surface area contributed by atoms with Crippen LogP contribution in [0, 0.1) is 6.92 Å². The lowest BCUT2D eigenvalue weighted by Gasteiger charge is -2.08. The van der Waals surface area contributed by atoms with Gasteiger partial charge >= 0.3 is 0 Å². The number of nitrogens with zero attached hydrogens (tertiary/aromatic N) is 1. The highest BCUT2D eigenvalue weighted by Crippen LogP contribution is 2.40. The number of hydrogen-bond acceptors (Lipinski definition) is 4. The molecule has 0 bridgehead atoms. The van der Waals surface area contributed by atoms with Crippen LogP contribution >= 0.6 is 46.6 Å². The molecule has 1 aromatic heterocycles. The molecule has 0 fully saturated rings. The topological polar surface area (TPSA) is 55.1 Å². The van der Waals surface area contributed by atoms with E-state index in [1.165, 1.54) is 0 Å². The molecule has 0 saturated carbocycles. The molecule has 2 aromatic carbocycles. The second-order valence-electron chi connectivity index (χ2n) is 5.00. The molecule has 0 aliphatic carbocycles. The summed E-state index contributed by atoms with van der Waals surface area (Å²) in [5.74, 6) is 0.444. The lowest BCUT2D eigenvalue weighted by atomic mass is 10.1. The molecule has 0 aliphatic heterocycles. The predicted octanol–water partition coefficient (Wildman–Crippen LogP) is 6.93. The van der Waals surface area contributed by atoms with Crippen LogP contribution in [0.2, 0.25) is 15.1 Å². The number of carbonyl (C=O) groups excluding carboxylic acids is 1. The minimum absolute atomic E-state index is 0.330. The molecule has 3 rings (SSSR count). The largest absolute Gasteiger partial charge is 0.359 e. The minimum atomic E-state index is -0.330. The predicted molar refractivity (Wildman–Crippen MR) is 103 cm³/mol. The fourth-order valence-corrected chi connectivity index (χ4v) is 3.66. The average Bonchev–Trinajstić information content (AvgIpc) is 2.91. The summed E-state index contributed by atoms with van der Waals surface area (Å²) in [6, 6.07) is 12.2. The Labute approximate surface area is 163 Å². The fraction of sp³-hybridized carbons (Fsp3) is 0.0588. The van der Waals surface area contributed by atoms with Crippen LogP contribution in [0.4, 0.5) is 10.5 Å². The first-order chi connectivity index (χ1) is 12.0. The van der Waals surface area contributed by atoms with Gasteiger partial charge in [-0.3, -0.25) is 4.79 Å². The zero-order valence-electron chi connectivity index (χ0n) is 12.8. The highest BCUT2D eigenvalue weighted by molar-refractivity contribution is 8.14. The first-order valence-electron chi connectivity index (χ1n) is 7.11. The number of thioether (sulfide) groups is 1. The molecule has 1 heterocycles. The highest BCUT2D eigenvalue weighted by Gasteiger charge is 2.22. The molecule has 0 atom stereocenters. The molecular formula is C17H11Cl3N2O2S. The summed E-state index contributed by atoms with van der Waals surface area (Å²) in [6.45, 7) is 1.69. The van der Waals surface area contributed by atoms with Crippen molar-refractivity contribution in [3.05, 3.63) is 63.3 Å². The Kier molecular flexibility index (Phi) is 5.59. The van der Waals surface area contributed by atoms with Gasteiger partial charge in [0.15, 0.2) is 5.76 Å². The van der Waals surface area contributed by atoms with Crippen molar-refractivity contribution in [2.24, 2.45) is 0 Å². The Hall–Kier alpha value is -1.66. The second kappa shape index (κ2) is 7.70. The van der Waals surface area contributed by atoms with Gasteiger partial charge in [-0.05, 0) is 43.0 Å². The molecule has 0 spiro atoms. The summed E-state index contributed by atoms with van der Waals surface area (Å²) < 4.78 is 5.22. The number of anilines is 1. The van der Waals surface area contributed by atoms with Gasteiger partial charge in [-0.15, -0.1) is 0 Å². The molecule has 0 aliphatic rings. The Balaban J connectivity index is 1.90. The van der Waals surface area contributed by atoms with E-state index in [4.69, 9.17) is 39.3 Å². The molecular weight excluding hydrogens is 403 g/mol. The summed E-state index contributed by atoms with van der Waals surface area (Å²) in [6.07, 6.45) is 0. The third kappa shape index (κ3) is 3.96. The maximum Gasteiger partial charge on any atom is 0.288 e. The number of aryl methyl sites for hydroxylation is 1. The van der Waals surface area contributed by atoms with E-state index < -0.39 is 0 Å². The van der Waals surface area contributed by atoms with Gasteiger partial charge in [-0.1, -0.05) is 58.2 Å². The number of hydrogen-bond donors (Lipinski definition) is 1. The van der Waals surface area contributed by atoms with Crippen LogP contribution in [0.3, 0.4) is 0 Å². The summed E-state index contributed by atoms with van der Waals surface area (Å²) in [7, 11) is 0. The van der Waals surface area contributed by atoms with Gasteiger partial charge in [0.2, 0.25) is 0 Å². The van der Waals surface area contributed by atoms with E-state index in [2.05, 4.69) is 10.5 Å². The maximum absolute atomic E-state index is 12.4.